The molecule has 0 bridgehead atoms. The van der Waals surface area contributed by atoms with Crippen LogP contribution < -0.4 is 5.32 Å². The van der Waals surface area contributed by atoms with Crippen LogP contribution in [-0.4, -0.2) is 25.2 Å². The number of amides is 1. The molecular weight excluding hydrogens is 426 g/mol. The van der Waals surface area contributed by atoms with Gasteiger partial charge in [0.25, 0.3) is 0 Å². The molecule has 6 heteroatoms. The van der Waals surface area contributed by atoms with Crippen molar-refractivity contribution < 1.29 is 14.3 Å². The maximum absolute atomic E-state index is 12.8. The Morgan fingerprint density at radius 3 is 2.44 bits per heavy atom. The zero-order chi connectivity index (χ0) is 19.4. The largest absolute Gasteiger partial charge is 0.469 e. The lowest BCUT2D eigenvalue weighted by molar-refractivity contribution is -0.141. The molecule has 142 valence electrons. The summed E-state index contributed by atoms with van der Waals surface area (Å²) in [5, 5.41) is 3.05. The van der Waals surface area contributed by atoms with Crippen LogP contribution in [0.5, 0.6) is 0 Å². The van der Waals surface area contributed by atoms with Gasteiger partial charge in [0, 0.05) is 15.3 Å². The number of hydrogen-bond acceptors (Lipinski definition) is 4. The van der Waals surface area contributed by atoms with Crippen molar-refractivity contribution in [3.05, 3.63) is 64.1 Å². The van der Waals surface area contributed by atoms with Crippen LogP contribution in [0.2, 0.25) is 0 Å². The second-order valence-electron chi connectivity index (χ2n) is 6.61. The van der Waals surface area contributed by atoms with E-state index in [-0.39, 0.29) is 36.2 Å². The number of carbonyl (C=O) groups is 2. The van der Waals surface area contributed by atoms with E-state index in [2.05, 4.69) is 33.4 Å². The summed E-state index contributed by atoms with van der Waals surface area (Å²) in [6.07, 6.45) is 2.97. The number of esters is 1. The van der Waals surface area contributed by atoms with E-state index >= 15 is 0 Å². The maximum atomic E-state index is 12.8. The Bertz CT molecular complexity index is 807. The normalized spacial score (nSPS) is 19.2. The molecule has 0 radical (unpaired) electrons. The third-order valence-electron chi connectivity index (χ3n) is 4.86. The summed E-state index contributed by atoms with van der Waals surface area (Å²) in [5.74, 6) is -0.146. The first-order valence-electron chi connectivity index (χ1n) is 8.78. The monoisotopic (exact) mass is 447 g/mol. The van der Waals surface area contributed by atoms with Gasteiger partial charge in [-0.05, 0) is 54.0 Å². The molecule has 1 saturated carbocycles. The quantitative estimate of drug-likeness (QED) is 0.493. The summed E-state index contributed by atoms with van der Waals surface area (Å²) < 4.78 is 5.84. The Kier molecular flexibility index (Phi) is 6.60. The third-order valence-corrected chi connectivity index (χ3v) is 6.13. The second-order valence-corrected chi connectivity index (χ2v) is 8.41. The van der Waals surface area contributed by atoms with Crippen LogP contribution >= 0.6 is 27.7 Å². The smallest absolute Gasteiger partial charge is 0.307 e. The number of hydrogen-bond donors (Lipinski definition) is 1. The standard InChI is InChI=1S/C21H22BrNO3S/c1-26-20(24)12-19(14-5-9-16(27-2)10-6-14)23-21(25)18-11-17(18)13-3-7-15(22)8-4-13/h3-10,17-19H,11-12H2,1-2H3,(H,23,25). The molecule has 1 amide bonds. The number of benzene rings is 2. The molecule has 0 aromatic heterocycles. The van der Waals surface area contributed by atoms with Crippen molar-refractivity contribution >= 4 is 39.6 Å². The Labute approximate surface area is 172 Å². The van der Waals surface area contributed by atoms with Crippen molar-refractivity contribution in [3.63, 3.8) is 0 Å². The minimum Gasteiger partial charge on any atom is -0.469 e. The van der Waals surface area contributed by atoms with Crippen LogP contribution in [0.4, 0.5) is 0 Å². The molecule has 2 aromatic rings. The lowest BCUT2D eigenvalue weighted by Gasteiger charge is -2.19. The van der Waals surface area contributed by atoms with Crippen LogP contribution in [0, 0.1) is 5.92 Å². The number of nitrogens with one attached hydrogen (secondary N) is 1. The Morgan fingerprint density at radius 2 is 1.85 bits per heavy atom. The predicted octanol–water partition coefficient (Wildman–Crippen LogP) is 4.70. The molecular formula is C21H22BrNO3S. The molecule has 1 aliphatic rings. The predicted molar refractivity (Wildman–Crippen MR) is 111 cm³/mol. The van der Waals surface area contributed by atoms with Crippen molar-refractivity contribution in [3.8, 4) is 0 Å². The summed E-state index contributed by atoms with van der Waals surface area (Å²) in [7, 11) is 1.36. The molecule has 2 aromatic carbocycles. The molecule has 4 nitrogen and oxygen atoms in total. The van der Waals surface area contributed by atoms with Crippen LogP contribution in [0.15, 0.2) is 57.9 Å². The average Bonchev–Trinajstić information content (AvgIpc) is 3.49. The second kappa shape index (κ2) is 8.93. The van der Waals surface area contributed by atoms with Gasteiger partial charge in [0.05, 0.1) is 19.6 Å². The minimum atomic E-state index is -0.382. The van der Waals surface area contributed by atoms with E-state index in [4.69, 9.17) is 4.74 Å². The first-order valence-corrected chi connectivity index (χ1v) is 10.8. The van der Waals surface area contributed by atoms with Crippen molar-refractivity contribution in [2.45, 2.75) is 29.7 Å². The molecule has 0 spiro atoms. The number of ether oxygens (including phenoxy) is 1. The number of methoxy groups -OCH3 is 1. The SMILES string of the molecule is COC(=O)CC(NC(=O)C1CC1c1ccc(Br)cc1)c1ccc(SC)cc1. The minimum absolute atomic E-state index is 0.00855. The van der Waals surface area contributed by atoms with E-state index in [1.165, 1.54) is 12.7 Å². The third kappa shape index (κ3) is 5.14. The van der Waals surface area contributed by atoms with Gasteiger partial charge >= 0.3 is 5.97 Å². The molecule has 0 saturated heterocycles. The molecule has 1 N–H and O–H groups in total. The maximum Gasteiger partial charge on any atom is 0.307 e. The molecule has 3 atom stereocenters. The Balaban J connectivity index is 1.68. The number of carbonyl (C=O) groups excluding carboxylic acids is 2. The van der Waals surface area contributed by atoms with Crippen LogP contribution in [0.3, 0.4) is 0 Å². The van der Waals surface area contributed by atoms with E-state index in [1.807, 2.05) is 42.7 Å². The zero-order valence-electron chi connectivity index (χ0n) is 15.3. The molecule has 1 aliphatic carbocycles. The Morgan fingerprint density at radius 1 is 1.19 bits per heavy atom. The van der Waals surface area contributed by atoms with Crippen LogP contribution in [-0.2, 0) is 14.3 Å². The molecule has 0 heterocycles. The van der Waals surface area contributed by atoms with E-state index < -0.39 is 0 Å². The van der Waals surface area contributed by atoms with E-state index in [1.54, 1.807) is 11.8 Å². The van der Waals surface area contributed by atoms with Gasteiger partial charge in [-0.1, -0.05) is 40.2 Å². The molecule has 1 fully saturated rings. The highest BCUT2D eigenvalue weighted by Gasteiger charge is 2.44. The van der Waals surface area contributed by atoms with Crippen molar-refractivity contribution in [2.24, 2.45) is 5.92 Å². The van der Waals surface area contributed by atoms with Crippen molar-refractivity contribution in [1.82, 2.24) is 5.32 Å². The topological polar surface area (TPSA) is 55.4 Å². The van der Waals surface area contributed by atoms with Gasteiger partial charge < -0.3 is 10.1 Å². The number of rotatable bonds is 7. The fourth-order valence-electron chi connectivity index (χ4n) is 3.18. The molecule has 27 heavy (non-hydrogen) atoms. The van der Waals surface area contributed by atoms with Gasteiger partial charge in [0.15, 0.2) is 0 Å². The first kappa shape index (κ1) is 20.0. The Hall–Kier alpha value is -1.79. The van der Waals surface area contributed by atoms with Gasteiger partial charge in [-0.25, -0.2) is 0 Å². The van der Waals surface area contributed by atoms with E-state index in [0.717, 1.165) is 21.4 Å². The number of thioether (sulfide) groups is 1. The number of halogens is 1. The van der Waals surface area contributed by atoms with Crippen LogP contribution in [0.1, 0.15) is 35.9 Å². The lowest BCUT2D eigenvalue weighted by Crippen LogP contribution is -2.32. The first-order chi connectivity index (χ1) is 13.0. The van der Waals surface area contributed by atoms with Gasteiger partial charge in [-0.15, -0.1) is 11.8 Å². The highest BCUT2D eigenvalue weighted by molar-refractivity contribution is 9.10. The molecule has 3 rings (SSSR count). The fraction of sp³-hybridized carbons (Fsp3) is 0.333. The van der Waals surface area contributed by atoms with Crippen LogP contribution in [0.25, 0.3) is 0 Å². The zero-order valence-corrected chi connectivity index (χ0v) is 17.7. The summed E-state index contributed by atoms with van der Waals surface area (Å²) in [6, 6.07) is 15.6. The van der Waals surface area contributed by atoms with E-state index in [9.17, 15) is 9.59 Å². The molecule has 0 aliphatic heterocycles. The fourth-order valence-corrected chi connectivity index (χ4v) is 3.85. The van der Waals surface area contributed by atoms with Crippen molar-refractivity contribution in [2.75, 3.05) is 13.4 Å². The van der Waals surface area contributed by atoms with Gasteiger partial charge in [-0.3, -0.25) is 9.59 Å². The summed E-state index contributed by atoms with van der Waals surface area (Å²) in [6.45, 7) is 0. The highest BCUT2D eigenvalue weighted by atomic mass is 79.9. The highest BCUT2D eigenvalue weighted by Crippen LogP contribution is 2.48. The summed E-state index contributed by atoms with van der Waals surface area (Å²) in [4.78, 5) is 25.7. The lowest BCUT2D eigenvalue weighted by atomic mass is 10.0. The van der Waals surface area contributed by atoms with Gasteiger partial charge in [0.1, 0.15) is 0 Å². The van der Waals surface area contributed by atoms with Gasteiger partial charge in [-0.2, -0.15) is 0 Å². The van der Waals surface area contributed by atoms with Crippen molar-refractivity contribution in [1.29, 1.82) is 0 Å². The van der Waals surface area contributed by atoms with Gasteiger partial charge in [0.2, 0.25) is 5.91 Å². The molecule has 3 unspecified atom stereocenters. The average molecular weight is 448 g/mol. The summed E-state index contributed by atoms with van der Waals surface area (Å²) in [5.41, 5.74) is 2.08. The summed E-state index contributed by atoms with van der Waals surface area (Å²) >= 11 is 5.09. The van der Waals surface area contributed by atoms with E-state index in [0.29, 0.717) is 0 Å².